The maximum Gasteiger partial charge on any atom is 0.123 e. The van der Waals surface area contributed by atoms with Gasteiger partial charge in [-0.25, -0.2) is 9.37 Å². The Bertz CT molecular complexity index is 436. The van der Waals surface area contributed by atoms with E-state index in [1.54, 1.807) is 6.33 Å². The van der Waals surface area contributed by atoms with E-state index in [1.807, 2.05) is 18.3 Å². The summed E-state index contributed by atoms with van der Waals surface area (Å²) in [7, 11) is 0. The molecule has 1 unspecified atom stereocenters. The minimum Gasteiger partial charge on any atom is -0.348 e. The van der Waals surface area contributed by atoms with Gasteiger partial charge in [0.25, 0.3) is 0 Å². The molecule has 90 valence electrons. The molecular formula is C13H16FN3. The Balaban J connectivity index is 1.81. The zero-order valence-electron chi connectivity index (χ0n) is 9.78. The van der Waals surface area contributed by atoms with Crippen LogP contribution in [0, 0.1) is 5.82 Å². The number of nitrogens with zero attached hydrogens (tertiary/aromatic N) is 1. The zero-order chi connectivity index (χ0) is 12.1. The molecule has 3 nitrogen and oxygen atoms in total. The van der Waals surface area contributed by atoms with Gasteiger partial charge in [-0.15, -0.1) is 0 Å². The first-order valence-corrected chi connectivity index (χ1v) is 5.72. The number of aromatic amines is 1. The lowest BCUT2D eigenvalue weighted by molar-refractivity contribution is 0.571. The second kappa shape index (κ2) is 5.59. The lowest BCUT2D eigenvalue weighted by Gasteiger charge is -2.13. The van der Waals surface area contributed by atoms with Crippen molar-refractivity contribution in [1.29, 1.82) is 0 Å². The molecule has 0 radical (unpaired) electrons. The highest BCUT2D eigenvalue weighted by Gasteiger charge is 2.04. The Labute approximate surface area is 100 Å². The SMILES string of the molecule is CC(NCCc1cnc[nH]1)c1ccc(F)cc1. The molecule has 4 heteroatoms. The predicted octanol–water partition coefficient (Wildman–Crippen LogP) is 2.44. The molecule has 2 aromatic rings. The van der Waals surface area contributed by atoms with Gasteiger partial charge in [0, 0.05) is 30.9 Å². The van der Waals surface area contributed by atoms with Crippen molar-refractivity contribution in [3.05, 3.63) is 53.9 Å². The van der Waals surface area contributed by atoms with Crippen LogP contribution in [-0.2, 0) is 6.42 Å². The Morgan fingerprint density at radius 2 is 2.12 bits per heavy atom. The minimum absolute atomic E-state index is 0.196. The molecule has 1 aromatic heterocycles. The van der Waals surface area contributed by atoms with Crippen LogP contribution in [0.2, 0.25) is 0 Å². The van der Waals surface area contributed by atoms with Crippen LogP contribution >= 0.6 is 0 Å². The number of aromatic nitrogens is 2. The van der Waals surface area contributed by atoms with Gasteiger partial charge >= 0.3 is 0 Å². The van der Waals surface area contributed by atoms with Gasteiger partial charge in [-0.1, -0.05) is 12.1 Å². The molecule has 1 heterocycles. The summed E-state index contributed by atoms with van der Waals surface area (Å²) in [6.07, 6.45) is 4.41. The molecule has 0 amide bonds. The van der Waals surface area contributed by atoms with E-state index in [2.05, 4.69) is 22.2 Å². The number of halogens is 1. The van der Waals surface area contributed by atoms with E-state index in [1.165, 1.54) is 12.1 Å². The van der Waals surface area contributed by atoms with E-state index < -0.39 is 0 Å². The number of hydrogen-bond acceptors (Lipinski definition) is 2. The molecule has 0 aliphatic carbocycles. The lowest BCUT2D eigenvalue weighted by Crippen LogP contribution is -2.21. The number of nitrogens with one attached hydrogen (secondary N) is 2. The standard InChI is InChI=1S/C13H16FN3/c1-10(11-2-4-12(14)5-3-11)16-7-6-13-8-15-9-17-13/h2-5,8-10,16H,6-7H2,1H3,(H,15,17). The van der Waals surface area contributed by atoms with Crippen molar-refractivity contribution in [2.45, 2.75) is 19.4 Å². The van der Waals surface area contributed by atoms with Crippen molar-refractivity contribution >= 4 is 0 Å². The van der Waals surface area contributed by atoms with Gasteiger partial charge in [-0.05, 0) is 24.6 Å². The Morgan fingerprint density at radius 1 is 1.35 bits per heavy atom. The van der Waals surface area contributed by atoms with Gasteiger partial charge in [0.2, 0.25) is 0 Å². The van der Waals surface area contributed by atoms with Crippen LogP contribution in [0.15, 0.2) is 36.8 Å². The summed E-state index contributed by atoms with van der Waals surface area (Å²) in [6, 6.07) is 6.82. The molecule has 0 saturated heterocycles. The van der Waals surface area contributed by atoms with E-state index in [0.717, 1.165) is 24.2 Å². The number of benzene rings is 1. The normalized spacial score (nSPS) is 12.6. The number of hydrogen-bond donors (Lipinski definition) is 2. The van der Waals surface area contributed by atoms with Crippen molar-refractivity contribution in [2.24, 2.45) is 0 Å². The van der Waals surface area contributed by atoms with Crippen LogP contribution < -0.4 is 5.32 Å². The fraction of sp³-hybridized carbons (Fsp3) is 0.308. The van der Waals surface area contributed by atoms with Crippen molar-refractivity contribution in [2.75, 3.05) is 6.54 Å². The van der Waals surface area contributed by atoms with Crippen molar-refractivity contribution in [3.8, 4) is 0 Å². The molecule has 0 bridgehead atoms. The topological polar surface area (TPSA) is 40.7 Å². The van der Waals surface area contributed by atoms with E-state index in [9.17, 15) is 4.39 Å². The summed E-state index contributed by atoms with van der Waals surface area (Å²) < 4.78 is 12.8. The van der Waals surface area contributed by atoms with Crippen LogP contribution in [0.1, 0.15) is 24.2 Å². The van der Waals surface area contributed by atoms with Gasteiger partial charge in [0.1, 0.15) is 5.82 Å². The first-order valence-electron chi connectivity index (χ1n) is 5.72. The largest absolute Gasteiger partial charge is 0.348 e. The molecule has 17 heavy (non-hydrogen) atoms. The lowest BCUT2D eigenvalue weighted by atomic mass is 10.1. The van der Waals surface area contributed by atoms with E-state index in [4.69, 9.17) is 0 Å². The fourth-order valence-corrected chi connectivity index (χ4v) is 1.71. The van der Waals surface area contributed by atoms with Gasteiger partial charge in [0.15, 0.2) is 0 Å². The molecule has 2 N–H and O–H groups in total. The van der Waals surface area contributed by atoms with Crippen LogP contribution in [-0.4, -0.2) is 16.5 Å². The monoisotopic (exact) mass is 233 g/mol. The van der Waals surface area contributed by atoms with Crippen molar-refractivity contribution < 1.29 is 4.39 Å². The average molecular weight is 233 g/mol. The minimum atomic E-state index is -0.196. The molecular weight excluding hydrogens is 217 g/mol. The van der Waals surface area contributed by atoms with Crippen LogP contribution in [0.5, 0.6) is 0 Å². The predicted molar refractivity (Wildman–Crippen MR) is 65.1 cm³/mol. The van der Waals surface area contributed by atoms with Gasteiger partial charge in [0.05, 0.1) is 6.33 Å². The summed E-state index contributed by atoms with van der Waals surface area (Å²) in [5.41, 5.74) is 2.21. The molecule has 1 aromatic carbocycles. The van der Waals surface area contributed by atoms with Crippen LogP contribution in [0.25, 0.3) is 0 Å². The van der Waals surface area contributed by atoms with Crippen LogP contribution in [0.3, 0.4) is 0 Å². The number of rotatable bonds is 5. The fourth-order valence-electron chi connectivity index (χ4n) is 1.71. The Hall–Kier alpha value is -1.68. The van der Waals surface area contributed by atoms with Crippen molar-refractivity contribution in [3.63, 3.8) is 0 Å². The summed E-state index contributed by atoms with van der Waals surface area (Å²) >= 11 is 0. The molecule has 0 fully saturated rings. The first-order chi connectivity index (χ1) is 8.25. The number of H-pyrrole nitrogens is 1. The maximum absolute atomic E-state index is 12.8. The summed E-state index contributed by atoms with van der Waals surface area (Å²) in [6.45, 7) is 2.93. The number of imidazole rings is 1. The highest BCUT2D eigenvalue weighted by Crippen LogP contribution is 2.12. The highest BCUT2D eigenvalue weighted by atomic mass is 19.1. The molecule has 0 saturated carbocycles. The molecule has 1 atom stereocenters. The van der Waals surface area contributed by atoms with E-state index in [-0.39, 0.29) is 11.9 Å². The second-order valence-corrected chi connectivity index (χ2v) is 4.05. The van der Waals surface area contributed by atoms with Crippen molar-refractivity contribution in [1.82, 2.24) is 15.3 Å². The Kier molecular flexibility index (Phi) is 3.88. The van der Waals surface area contributed by atoms with Gasteiger partial charge < -0.3 is 10.3 Å². The molecule has 0 aliphatic rings. The molecule has 0 spiro atoms. The zero-order valence-corrected chi connectivity index (χ0v) is 9.78. The van der Waals surface area contributed by atoms with Gasteiger partial charge in [-0.2, -0.15) is 0 Å². The first kappa shape index (κ1) is 11.8. The third kappa shape index (κ3) is 3.39. The van der Waals surface area contributed by atoms with E-state index in [0.29, 0.717) is 0 Å². The third-order valence-corrected chi connectivity index (χ3v) is 2.77. The smallest absolute Gasteiger partial charge is 0.123 e. The average Bonchev–Trinajstić information content (AvgIpc) is 2.83. The highest BCUT2D eigenvalue weighted by molar-refractivity contribution is 5.19. The van der Waals surface area contributed by atoms with E-state index >= 15 is 0 Å². The molecule has 2 rings (SSSR count). The quantitative estimate of drug-likeness (QED) is 0.832. The Morgan fingerprint density at radius 3 is 2.76 bits per heavy atom. The summed E-state index contributed by atoms with van der Waals surface area (Å²) in [4.78, 5) is 7.02. The van der Waals surface area contributed by atoms with Crippen LogP contribution in [0.4, 0.5) is 4.39 Å². The summed E-state index contributed by atoms with van der Waals surface area (Å²) in [5, 5.41) is 3.39. The summed E-state index contributed by atoms with van der Waals surface area (Å²) in [5.74, 6) is -0.196. The third-order valence-electron chi connectivity index (χ3n) is 2.77. The molecule has 0 aliphatic heterocycles. The maximum atomic E-state index is 12.8. The van der Waals surface area contributed by atoms with Gasteiger partial charge in [-0.3, -0.25) is 0 Å². The second-order valence-electron chi connectivity index (χ2n) is 4.05.